The molecule has 0 spiro atoms. The molecule has 0 atom stereocenters. The van der Waals surface area contributed by atoms with Gasteiger partial charge < -0.3 is 10.2 Å². The molecule has 0 radical (unpaired) electrons. The predicted octanol–water partition coefficient (Wildman–Crippen LogP) is 2.79. The molecule has 2 aromatic carbocycles. The normalized spacial score (nSPS) is 10.8. The third kappa shape index (κ3) is 2.61. The maximum absolute atomic E-state index is 9.46. The van der Waals surface area contributed by atoms with Crippen molar-refractivity contribution in [1.29, 1.82) is 0 Å². The fourth-order valence-corrected chi connectivity index (χ4v) is 2.22. The second kappa shape index (κ2) is 5.55. The van der Waals surface area contributed by atoms with Crippen molar-refractivity contribution in [2.45, 2.75) is 6.61 Å². The largest absolute Gasteiger partial charge is 0.508 e. The molecule has 6 heteroatoms. The lowest BCUT2D eigenvalue weighted by Crippen LogP contribution is -2.00. The molecular weight excluding hydrogens is 290 g/mol. The van der Waals surface area contributed by atoms with Crippen LogP contribution in [0.25, 0.3) is 16.9 Å². The number of halogens is 1. The number of nitrogens with zero attached hydrogens (tertiary/aromatic N) is 3. The molecular formula is C15H12ClN3O2. The number of hydrogen-bond donors (Lipinski definition) is 2. The first-order chi connectivity index (χ1) is 10.2. The summed E-state index contributed by atoms with van der Waals surface area (Å²) in [6, 6.07) is 13.8. The van der Waals surface area contributed by atoms with Crippen LogP contribution in [0.5, 0.6) is 5.75 Å². The van der Waals surface area contributed by atoms with E-state index in [4.69, 9.17) is 11.6 Å². The predicted molar refractivity (Wildman–Crippen MR) is 79.4 cm³/mol. The Hall–Kier alpha value is -2.37. The van der Waals surface area contributed by atoms with E-state index in [9.17, 15) is 10.2 Å². The number of phenols is 1. The first-order valence-corrected chi connectivity index (χ1v) is 6.67. The molecule has 5 nitrogen and oxygen atoms in total. The summed E-state index contributed by atoms with van der Waals surface area (Å²) in [5.41, 5.74) is 2.76. The average molecular weight is 302 g/mol. The number of aliphatic hydroxyl groups is 1. The zero-order chi connectivity index (χ0) is 14.8. The second-order valence-electron chi connectivity index (χ2n) is 4.48. The minimum absolute atomic E-state index is 0.175. The molecule has 0 bridgehead atoms. The third-order valence-electron chi connectivity index (χ3n) is 3.10. The summed E-state index contributed by atoms with van der Waals surface area (Å²) in [6.07, 6.45) is 0. The zero-order valence-corrected chi connectivity index (χ0v) is 11.7. The zero-order valence-electron chi connectivity index (χ0n) is 10.9. The van der Waals surface area contributed by atoms with Gasteiger partial charge >= 0.3 is 0 Å². The molecule has 106 valence electrons. The number of benzene rings is 2. The number of phenolic OH excluding ortho intramolecular Hbond substituents is 1. The minimum atomic E-state index is -0.212. The molecule has 0 saturated heterocycles. The van der Waals surface area contributed by atoms with Crippen LogP contribution in [0.4, 0.5) is 0 Å². The van der Waals surface area contributed by atoms with Crippen molar-refractivity contribution in [2.75, 3.05) is 0 Å². The Morgan fingerprint density at radius 2 is 1.67 bits per heavy atom. The van der Waals surface area contributed by atoms with Gasteiger partial charge in [-0.15, -0.1) is 5.10 Å². The van der Waals surface area contributed by atoms with Crippen LogP contribution in [0.3, 0.4) is 0 Å². The Kier molecular flexibility index (Phi) is 3.60. The van der Waals surface area contributed by atoms with E-state index < -0.39 is 0 Å². The lowest BCUT2D eigenvalue weighted by Gasteiger charge is -2.08. The lowest BCUT2D eigenvalue weighted by atomic mass is 10.1. The second-order valence-corrected chi connectivity index (χ2v) is 4.91. The van der Waals surface area contributed by atoms with Crippen LogP contribution >= 0.6 is 11.6 Å². The molecule has 0 amide bonds. The summed E-state index contributed by atoms with van der Waals surface area (Å²) in [6.45, 7) is -0.212. The molecule has 0 saturated carbocycles. The van der Waals surface area contributed by atoms with Gasteiger partial charge in [0.25, 0.3) is 0 Å². The monoisotopic (exact) mass is 301 g/mol. The third-order valence-corrected chi connectivity index (χ3v) is 3.35. The maximum Gasteiger partial charge on any atom is 0.117 e. The first-order valence-electron chi connectivity index (χ1n) is 6.30. The standard InChI is InChI=1S/C15H12ClN3O2/c16-11-3-1-10(2-4-11)15-14(9-20)17-18-19(15)12-5-7-13(21)8-6-12/h1-8,20-21H,9H2. The first kappa shape index (κ1) is 13.6. The fourth-order valence-electron chi connectivity index (χ4n) is 2.09. The Morgan fingerprint density at radius 3 is 2.29 bits per heavy atom. The SMILES string of the molecule is OCc1nnn(-c2ccc(O)cc2)c1-c1ccc(Cl)cc1. The number of rotatable bonds is 3. The van der Waals surface area contributed by atoms with Crippen molar-refractivity contribution in [3.05, 3.63) is 59.2 Å². The molecule has 0 aliphatic heterocycles. The summed E-state index contributed by atoms with van der Waals surface area (Å²) < 4.78 is 1.62. The highest BCUT2D eigenvalue weighted by Crippen LogP contribution is 2.27. The molecule has 1 aromatic heterocycles. The van der Waals surface area contributed by atoms with Crippen molar-refractivity contribution < 1.29 is 10.2 Å². The summed E-state index contributed by atoms with van der Waals surface area (Å²) in [7, 11) is 0. The van der Waals surface area contributed by atoms with Gasteiger partial charge in [-0.1, -0.05) is 28.9 Å². The van der Waals surface area contributed by atoms with Gasteiger partial charge in [0, 0.05) is 10.6 Å². The van der Waals surface area contributed by atoms with Crippen molar-refractivity contribution in [1.82, 2.24) is 15.0 Å². The van der Waals surface area contributed by atoms with Crippen molar-refractivity contribution in [2.24, 2.45) is 0 Å². The highest BCUT2D eigenvalue weighted by atomic mass is 35.5. The lowest BCUT2D eigenvalue weighted by molar-refractivity contribution is 0.277. The van der Waals surface area contributed by atoms with Gasteiger partial charge in [-0.25, -0.2) is 4.68 Å². The minimum Gasteiger partial charge on any atom is -0.508 e. The summed E-state index contributed by atoms with van der Waals surface area (Å²) in [5.74, 6) is 0.175. The van der Waals surface area contributed by atoms with Gasteiger partial charge in [0.1, 0.15) is 17.1 Å². The van der Waals surface area contributed by atoms with E-state index in [2.05, 4.69) is 10.3 Å². The number of aromatic nitrogens is 3. The van der Waals surface area contributed by atoms with Crippen LogP contribution in [0.15, 0.2) is 48.5 Å². The molecule has 0 fully saturated rings. The van der Waals surface area contributed by atoms with E-state index in [-0.39, 0.29) is 12.4 Å². The highest BCUT2D eigenvalue weighted by Gasteiger charge is 2.15. The van der Waals surface area contributed by atoms with E-state index >= 15 is 0 Å². The van der Waals surface area contributed by atoms with Gasteiger partial charge in [0.15, 0.2) is 0 Å². The smallest absolute Gasteiger partial charge is 0.117 e. The molecule has 3 aromatic rings. The summed E-state index contributed by atoms with van der Waals surface area (Å²) in [4.78, 5) is 0. The van der Waals surface area contributed by atoms with Crippen molar-refractivity contribution in [3.8, 4) is 22.7 Å². The van der Waals surface area contributed by atoms with E-state index in [1.54, 1.807) is 41.1 Å². The van der Waals surface area contributed by atoms with Crippen LogP contribution < -0.4 is 0 Å². The molecule has 1 heterocycles. The quantitative estimate of drug-likeness (QED) is 0.780. The Balaban J connectivity index is 2.16. The van der Waals surface area contributed by atoms with Gasteiger partial charge in [-0.2, -0.15) is 0 Å². The average Bonchev–Trinajstić information content (AvgIpc) is 2.93. The van der Waals surface area contributed by atoms with Crippen LogP contribution in [0, 0.1) is 0 Å². The molecule has 0 unspecified atom stereocenters. The van der Waals surface area contributed by atoms with E-state index in [1.165, 1.54) is 0 Å². The van der Waals surface area contributed by atoms with Crippen LogP contribution in [-0.2, 0) is 6.61 Å². The molecule has 21 heavy (non-hydrogen) atoms. The Morgan fingerprint density at radius 1 is 1.00 bits per heavy atom. The van der Waals surface area contributed by atoms with Gasteiger partial charge in [0.2, 0.25) is 0 Å². The van der Waals surface area contributed by atoms with E-state index in [1.807, 2.05) is 12.1 Å². The maximum atomic E-state index is 9.46. The van der Waals surface area contributed by atoms with E-state index in [0.717, 1.165) is 11.3 Å². The highest BCUT2D eigenvalue weighted by molar-refractivity contribution is 6.30. The van der Waals surface area contributed by atoms with Gasteiger partial charge in [-0.3, -0.25) is 0 Å². The fraction of sp³-hybridized carbons (Fsp3) is 0.0667. The van der Waals surface area contributed by atoms with Crippen molar-refractivity contribution >= 4 is 11.6 Å². The number of hydrogen-bond acceptors (Lipinski definition) is 4. The van der Waals surface area contributed by atoms with Gasteiger partial charge in [-0.05, 0) is 36.4 Å². The van der Waals surface area contributed by atoms with E-state index in [0.29, 0.717) is 16.4 Å². The Labute approximate surface area is 126 Å². The summed E-state index contributed by atoms with van der Waals surface area (Å²) >= 11 is 5.91. The van der Waals surface area contributed by atoms with Crippen LogP contribution in [-0.4, -0.2) is 25.2 Å². The molecule has 3 rings (SSSR count). The van der Waals surface area contributed by atoms with Crippen LogP contribution in [0.2, 0.25) is 5.02 Å². The molecule has 0 aliphatic rings. The molecule has 2 N–H and O–H groups in total. The Bertz CT molecular complexity index is 752. The summed E-state index contributed by atoms with van der Waals surface area (Å²) in [5, 5.41) is 27.5. The number of aliphatic hydroxyl groups excluding tert-OH is 1. The van der Waals surface area contributed by atoms with Crippen LogP contribution in [0.1, 0.15) is 5.69 Å². The number of aromatic hydroxyl groups is 1. The topological polar surface area (TPSA) is 71.2 Å². The molecule has 0 aliphatic carbocycles. The van der Waals surface area contributed by atoms with Crippen molar-refractivity contribution in [3.63, 3.8) is 0 Å². The van der Waals surface area contributed by atoms with Gasteiger partial charge in [0.05, 0.1) is 12.3 Å².